The van der Waals surface area contributed by atoms with Crippen molar-refractivity contribution in [2.75, 3.05) is 25.2 Å². The topological polar surface area (TPSA) is 112 Å². The van der Waals surface area contributed by atoms with Gasteiger partial charge in [-0.25, -0.2) is 9.78 Å². The summed E-state index contributed by atoms with van der Waals surface area (Å²) >= 11 is 0.890. The number of phenolic OH excluding ortho intramolecular Hbond substituents is 1. The van der Waals surface area contributed by atoms with Crippen LogP contribution >= 0.6 is 11.3 Å². The fourth-order valence-electron chi connectivity index (χ4n) is 2.15. The number of aliphatic hydroxyl groups excluding tert-OH is 1. The molecule has 1 heterocycles. The lowest BCUT2D eigenvalue weighted by molar-refractivity contribution is -0.127. The van der Waals surface area contributed by atoms with Crippen LogP contribution in [0.5, 0.6) is 5.75 Å². The lowest BCUT2D eigenvalue weighted by Crippen LogP contribution is -2.35. The van der Waals surface area contributed by atoms with Gasteiger partial charge in [0, 0.05) is 19.9 Å². The molecule has 0 radical (unpaired) electrons. The number of nitrogens with zero attached hydrogens (tertiary/aromatic N) is 2. The molecule has 0 saturated heterocycles. The summed E-state index contributed by atoms with van der Waals surface area (Å²) in [7, 11) is 0. The molecule has 0 aliphatic carbocycles. The number of phenols is 1. The van der Waals surface area contributed by atoms with Crippen molar-refractivity contribution >= 4 is 28.9 Å². The predicted octanol–water partition coefficient (Wildman–Crippen LogP) is 1.95. The number of anilines is 1. The number of carbonyl (C=O) groups excluding carboxylic acids is 2. The molecule has 146 valence electrons. The number of benzene rings is 1. The van der Waals surface area contributed by atoms with E-state index in [0.717, 1.165) is 11.3 Å². The van der Waals surface area contributed by atoms with Gasteiger partial charge in [-0.15, -0.1) is 11.3 Å². The van der Waals surface area contributed by atoms with Gasteiger partial charge in [0.15, 0.2) is 4.88 Å². The van der Waals surface area contributed by atoms with Crippen LogP contribution < -0.4 is 5.43 Å². The molecule has 0 aliphatic rings. The van der Waals surface area contributed by atoms with Crippen molar-refractivity contribution in [1.82, 2.24) is 9.99 Å². The van der Waals surface area contributed by atoms with E-state index in [1.807, 2.05) is 0 Å². The molecule has 8 nitrogen and oxygen atoms in total. The number of aromatic hydroxyl groups is 1. The number of carbonyl (C=O) groups is 2. The van der Waals surface area contributed by atoms with Crippen molar-refractivity contribution in [1.29, 1.82) is 0 Å². The first kappa shape index (κ1) is 20.6. The molecule has 27 heavy (non-hydrogen) atoms. The van der Waals surface area contributed by atoms with Gasteiger partial charge in [0.1, 0.15) is 12.4 Å². The number of esters is 1. The number of aliphatic hydroxyl groups is 1. The van der Waals surface area contributed by atoms with E-state index in [4.69, 9.17) is 5.11 Å². The van der Waals surface area contributed by atoms with Gasteiger partial charge in [0.05, 0.1) is 17.3 Å². The largest absolute Gasteiger partial charge is 0.508 e. The SMILES string of the molecule is CC(=O)N(CCCc1nc(F)c(C(=O)OCCO)s1)Nc1ccc(O)cc1. The first-order chi connectivity index (χ1) is 12.9. The van der Waals surface area contributed by atoms with Crippen molar-refractivity contribution in [3.63, 3.8) is 0 Å². The zero-order valence-electron chi connectivity index (χ0n) is 14.6. The van der Waals surface area contributed by atoms with Crippen molar-refractivity contribution in [3.8, 4) is 5.75 Å². The number of aryl methyl sites for hydroxylation is 1. The number of nitrogens with one attached hydrogen (secondary N) is 1. The zero-order chi connectivity index (χ0) is 19.8. The summed E-state index contributed by atoms with van der Waals surface area (Å²) in [6, 6.07) is 6.25. The Hall–Kier alpha value is -2.72. The van der Waals surface area contributed by atoms with Crippen molar-refractivity contribution in [3.05, 3.63) is 40.1 Å². The van der Waals surface area contributed by atoms with Crippen LogP contribution in [0, 0.1) is 5.95 Å². The number of halogens is 1. The van der Waals surface area contributed by atoms with Crippen LogP contribution in [0.2, 0.25) is 0 Å². The minimum atomic E-state index is -0.899. The first-order valence-corrected chi connectivity index (χ1v) is 8.99. The van der Waals surface area contributed by atoms with Crippen LogP contribution in [0.4, 0.5) is 10.1 Å². The Morgan fingerprint density at radius 1 is 1.33 bits per heavy atom. The van der Waals surface area contributed by atoms with Crippen LogP contribution in [0.3, 0.4) is 0 Å². The number of hydrogen-bond acceptors (Lipinski definition) is 8. The lowest BCUT2D eigenvalue weighted by Gasteiger charge is -2.22. The molecule has 1 aromatic carbocycles. The quantitative estimate of drug-likeness (QED) is 0.337. The summed E-state index contributed by atoms with van der Waals surface area (Å²) in [6.07, 6.45) is 0.860. The standard InChI is InChI=1S/C17H20FN3O5S/c1-11(23)21(20-12-4-6-13(24)7-5-12)8-2-3-14-19-16(18)15(27-14)17(25)26-10-9-22/h4-7,20,22,24H,2-3,8-10H2,1H3. The molecule has 0 aliphatic heterocycles. The van der Waals surface area contributed by atoms with E-state index in [2.05, 4.69) is 15.1 Å². The predicted molar refractivity (Wildman–Crippen MR) is 96.9 cm³/mol. The van der Waals surface area contributed by atoms with Gasteiger partial charge in [-0.1, -0.05) is 0 Å². The van der Waals surface area contributed by atoms with E-state index < -0.39 is 11.9 Å². The number of thiazole rings is 1. The van der Waals surface area contributed by atoms with Gasteiger partial charge >= 0.3 is 5.97 Å². The van der Waals surface area contributed by atoms with Crippen LogP contribution in [-0.4, -0.2) is 51.8 Å². The second-order valence-electron chi connectivity index (χ2n) is 5.52. The smallest absolute Gasteiger partial charge is 0.353 e. The van der Waals surface area contributed by atoms with E-state index >= 15 is 0 Å². The van der Waals surface area contributed by atoms with Crippen molar-refractivity contribution < 1.29 is 28.9 Å². The van der Waals surface area contributed by atoms with Gasteiger partial charge in [0.25, 0.3) is 0 Å². The number of hydrogen-bond donors (Lipinski definition) is 3. The molecular weight excluding hydrogens is 377 g/mol. The lowest BCUT2D eigenvalue weighted by atomic mass is 10.3. The average molecular weight is 397 g/mol. The minimum Gasteiger partial charge on any atom is -0.508 e. The van der Waals surface area contributed by atoms with E-state index in [-0.39, 0.29) is 29.7 Å². The second-order valence-corrected chi connectivity index (χ2v) is 6.60. The van der Waals surface area contributed by atoms with Gasteiger partial charge in [-0.3, -0.25) is 15.2 Å². The van der Waals surface area contributed by atoms with E-state index in [0.29, 0.717) is 30.1 Å². The summed E-state index contributed by atoms with van der Waals surface area (Å²) in [5.74, 6) is -1.84. The summed E-state index contributed by atoms with van der Waals surface area (Å²) in [6.45, 7) is 1.20. The Bertz CT molecular complexity index is 781. The molecule has 1 amide bonds. The third-order valence-corrected chi connectivity index (χ3v) is 4.49. The molecule has 0 fully saturated rings. The van der Waals surface area contributed by atoms with Crippen molar-refractivity contribution in [2.24, 2.45) is 0 Å². The molecule has 0 unspecified atom stereocenters. The third-order valence-electron chi connectivity index (χ3n) is 3.42. The van der Waals surface area contributed by atoms with Crippen LogP contribution in [0.15, 0.2) is 24.3 Å². The van der Waals surface area contributed by atoms with E-state index in [1.165, 1.54) is 24.1 Å². The zero-order valence-corrected chi connectivity index (χ0v) is 15.5. The van der Waals surface area contributed by atoms with Crippen molar-refractivity contribution in [2.45, 2.75) is 19.8 Å². The third kappa shape index (κ3) is 6.19. The van der Waals surface area contributed by atoms with Gasteiger partial charge in [-0.05, 0) is 30.7 Å². The molecule has 3 N–H and O–H groups in total. The summed E-state index contributed by atoms with van der Waals surface area (Å²) in [5.41, 5.74) is 3.57. The van der Waals surface area contributed by atoms with Crippen LogP contribution in [0.25, 0.3) is 0 Å². The first-order valence-electron chi connectivity index (χ1n) is 8.17. The molecule has 2 aromatic rings. The maximum Gasteiger partial charge on any atom is 0.353 e. The molecular formula is C17H20FN3O5S. The van der Waals surface area contributed by atoms with Gasteiger partial charge in [-0.2, -0.15) is 4.39 Å². The van der Waals surface area contributed by atoms with Gasteiger partial charge < -0.3 is 14.9 Å². The normalized spacial score (nSPS) is 10.5. The highest BCUT2D eigenvalue weighted by atomic mass is 32.1. The molecule has 0 bridgehead atoms. The molecule has 2 rings (SSSR count). The van der Waals surface area contributed by atoms with Gasteiger partial charge in [0.2, 0.25) is 11.9 Å². The monoisotopic (exact) mass is 397 g/mol. The highest BCUT2D eigenvalue weighted by Gasteiger charge is 2.19. The molecule has 1 aromatic heterocycles. The maximum absolute atomic E-state index is 13.8. The Labute approximate surface area is 159 Å². The van der Waals surface area contributed by atoms with E-state index in [1.54, 1.807) is 12.1 Å². The average Bonchev–Trinajstić information content (AvgIpc) is 3.01. The highest BCUT2D eigenvalue weighted by molar-refractivity contribution is 7.13. The highest BCUT2D eigenvalue weighted by Crippen LogP contribution is 2.20. The number of rotatable bonds is 9. The Kier molecular flexibility index (Phi) is 7.50. The Morgan fingerprint density at radius 3 is 2.67 bits per heavy atom. The molecule has 0 spiro atoms. The van der Waals surface area contributed by atoms with Crippen LogP contribution in [-0.2, 0) is 16.0 Å². The summed E-state index contributed by atoms with van der Waals surface area (Å²) < 4.78 is 18.4. The number of amides is 1. The molecule has 0 saturated carbocycles. The fourth-order valence-corrected chi connectivity index (χ4v) is 3.03. The number of ether oxygens (including phenoxy) is 1. The summed E-state index contributed by atoms with van der Waals surface area (Å²) in [5, 5.41) is 19.7. The molecule has 0 atom stereocenters. The summed E-state index contributed by atoms with van der Waals surface area (Å²) in [4.78, 5) is 26.9. The Balaban J connectivity index is 1.90. The Morgan fingerprint density at radius 2 is 2.04 bits per heavy atom. The van der Waals surface area contributed by atoms with Crippen LogP contribution in [0.1, 0.15) is 28.0 Å². The number of aromatic nitrogens is 1. The minimum absolute atomic E-state index is 0.119. The fraction of sp³-hybridized carbons (Fsp3) is 0.353. The maximum atomic E-state index is 13.8. The van der Waals surface area contributed by atoms with E-state index in [9.17, 15) is 19.1 Å². The molecule has 10 heteroatoms. The second kappa shape index (κ2) is 9.83. The number of hydrazine groups is 1.